The van der Waals surface area contributed by atoms with E-state index in [1.165, 1.54) is 6.92 Å². The van der Waals surface area contributed by atoms with Crippen molar-refractivity contribution in [1.29, 1.82) is 0 Å². The predicted molar refractivity (Wildman–Crippen MR) is 72.3 cm³/mol. The highest BCUT2D eigenvalue weighted by molar-refractivity contribution is 6.32. The van der Waals surface area contributed by atoms with Gasteiger partial charge in [-0.2, -0.15) is 31.4 Å². The average Bonchev–Trinajstić information content (AvgIpc) is 2.91. The van der Waals surface area contributed by atoms with Gasteiger partial charge in [0.05, 0.1) is 17.2 Å². The standard InChI is InChI=1S/C13H8ClF6N3O2/c1-2-25-11(24)7-5-23(22-9(7)13(18,19)20)10-8(14)3-6(4-21-10)12(15,16)17/h3-5H,2H2,1H3. The molecule has 2 heterocycles. The van der Waals surface area contributed by atoms with Gasteiger partial charge in [0.2, 0.25) is 0 Å². The Bertz CT molecular complexity index is 800. The Kier molecular flexibility index (Phi) is 4.98. The minimum absolute atomic E-state index is 0.180. The summed E-state index contributed by atoms with van der Waals surface area (Å²) < 4.78 is 81.8. The molecule has 2 aromatic rings. The van der Waals surface area contributed by atoms with Crippen molar-refractivity contribution in [1.82, 2.24) is 14.8 Å². The van der Waals surface area contributed by atoms with Gasteiger partial charge in [-0.1, -0.05) is 11.6 Å². The number of halogens is 7. The zero-order chi connectivity index (χ0) is 19.0. The van der Waals surface area contributed by atoms with Crippen molar-refractivity contribution >= 4 is 17.6 Å². The van der Waals surface area contributed by atoms with Crippen molar-refractivity contribution in [3.05, 3.63) is 40.3 Å². The highest BCUT2D eigenvalue weighted by Crippen LogP contribution is 2.34. The van der Waals surface area contributed by atoms with E-state index in [0.717, 1.165) is 0 Å². The maximum atomic E-state index is 13.0. The molecule has 136 valence electrons. The summed E-state index contributed by atoms with van der Waals surface area (Å²) in [6.45, 7) is 1.21. The Morgan fingerprint density at radius 1 is 1.24 bits per heavy atom. The molecule has 0 radical (unpaired) electrons. The van der Waals surface area contributed by atoms with Gasteiger partial charge in [-0.25, -0.2) is 14.5 Å². The van der Waals surface area contributed by atoms with Crippen LogP contribution >= 0.6 is 11.6 Å². The third kappa shape index (κ3) is 4.03. The number of ether oxygens (including phenoxy) is 1. The number of esters is 1. The quantitative estimate of drug-likeness (QED) is 0.587. The fourth-order valence-corrected chi connectivity index (χ4v) is 2.06. The first-order valence-corrected chi connectivity index (χ1v) is 6.90. The molecule has 0 spiro atoms. The van der Waals surface area contributed by atoms with E-state index in [0.29, 0.717) is 23.1 Å². The number of carbonyl (C=O) groups excluding carboxylic acids is 1. The number of aromatic nitrogens is 3. The molecule has 2 rings (SSSR count). The third-order valence-electron chi connectivity index (χ3n) is 2.84. The summed E-state index contributed by atoms with van der Waals surface area (Å²) >= 11 is 5.67. The Morgan fingerprint density at radius 2 is 1.88 bits per heavy atom. The summed E-state index contributed by atoms with van der Waals surface area (Å²) in [5.74, 6) is -1.79. The van der Waals surface area contributed by atoms with E-state index in [-0.39, 0.29) is 6.61 Å². The molecule has 0 saturated carbocycles. The van der Waals surface area contributed by atoms with E-state index in [1.54, 1.807) is 0 Å². The van der Waals surface area contributed by atoms with Crippen LogP contribution in [0.3, 0.4) is 0 Å². The van der Waals surface area contributed by atoms with Crippen LogP contribution in [0.4, 0.5) is 26.3 Å². The molecule has 0 unspecified atom stereocenters. The fourth-order valence-electron chi connectivity index (χ4n) is 1.80. The van der Waals surface area contributed by atoms with E-state index in [2.05, 4.69) is 14.8 Å². The maximum Gasteiger partial charge on any atom is 0.436 e. The first kappa shape index (κ1) is 19.0. The van der Waals surface area contributed by atoms with E-state index in [4.69, 9.17) is 11.6 Å². The lowest BCUT2D eigenvalue weighted by Crippen LogP contribution is -2.14. The number of rotatable bonds is 3. The van der Waals surface area contributed by atoms with Gasteiger partial charge in [-0.05, 0) is 13.0 Å². The number of hydrogen-bond acceptors (Lipinski definition) is 4. The van der Waals surface area contributed by atoms with Crippen LogP contribution < -0.4 is 0 Å². The van der Waals surface area contributed by atoms with Crippen LogP contribution in [0.25, 0.3) is 5.82 Å². The molecule has 0 atom stereocenters. The maximum absolute atomic E-state index is 13.0. The lowest BCUT2D eigenvalue weighted by molar-refractivity contribution is -0.142. The predicted octanol–water partition coefficient (Wildman–Crippen LogP) is 4.14. The van der Waals surface area contributed by atoms with E-state index in [1.807, 2.05) is 0 Å². The van der Waals surface area contributed by atoms with Gasteiger partial charge < -0.3 is 4.74 Å². The van der Waals surface area contributed by atoms with Crippen LogP contribution in [-0.4, -0.2) is 27.3 Å². The SMILES string of the molecule is CCOC(=O)c1cn(-c2ncc(C(F)(F)F)cc2Cl)nc1C(F)(F)F. The summed E-state index contributed by atoms with van der Waals surface area (Å²) in [5, 5.41) is 2.57. The first-order valence-electron chi connectivity index (χ1n) is 6.52. The molecular weight excluding hydrogens is 380 g/mol. The molecule has 2 aromatic heterocycles. The normalized spacial score (nSPS) is 12.3. The average molecular weight is 388 g/mol. The Morgan fingerprint density at radius 3 is 2.36 bits per heavy atom. The first-order chi connectivity index (χ1) is 11.4. The van der Waals surface area contributed by atoms with Crippen LogP contribution in [0.15, 0.2) is 18.5 Å². The van der Waals surface area contributed by atoms with Crippen molar-refractivity contribution < 1.29 is 35.9 Å². The molecule has 12 heteroatoms. The summed E-state index contributed by atoms with van der Waals surface area (Å²) in [6.07, 6.45) is -8.69. The molecule has 0 aliphatic rings. The molecule has 25 heavy (non-hydrogen) atoms. The number of hydrogen-bond donors (Lipinski definition) is 0. The van der Waals surface area contributed by atoms with Crippen LogP contribution in [0.2, 0.25) is 5.02 Å². The topological polar surface area (TPSA) is 57.0 Å². The van der Waals surface area contributed by atoms with Crippen molar-refractivity contribution in [2.75, 3.05) is 6.61 Å². The van der Waals surface area contributed by atoms with Gasteiger partial charge in [0, 0.05) is 12.4 Å². The van der Waals surface area contributed by atoms with Crippen LogP contribution in [0.1, 0.15) is 28.5 Å². The second-order valence-electron chi connectivity index (χ2n) is 4.58. The van der Waals surface area contributed by atoms with E-state index in [9.17, 15) is 31.1 Å². The molecule has 0 aromatic carbocycles. The highest BCUT2D eigenvalue weighted by atomic mass is 35.5. The Labute approximate surface area is 141 Å². The minimum atomic E-state index is -4.99. The summed E-state index contributed by atoms with van der Waals surface area (Å²) in [7, 11) is 0. The zero-order valence-electron chi connectivity index (χ0n) is 12.2. The van der Waals surface area contributed by atoms with Crippen LogP contribution in [0.5, 0.6) is 0 Å². The molecule has 0 amide bonds. The van der Waals surface area contributed by atoms with Crippen LogP contribution in [-0.2, 0) is 17.1 Å². The number of nitrogens with zero attached hydrogens (tertiary/aromatic N) is 3. The molecular formula is C13H8ClF6N3O2. The second kappa shape index (κ2) is 6.54. The van der Waals surface area contributed by atoms with Gasteiger partial charge in [-0.15, -0.1) is 0 Å². The molecule has 5 nitrogen and oxygen atoms in total. The van der Waals surface area contributed by atoms with Crippen molar-refractivity contribution in [3.63, 3.8) is 0 Å². The van der Waals surface area contributed by atoms with Gasteiger partial charge in [0.15, 0.2) is 11.5 Å². The second-order valence-corrected chi connectivity index (χ2v) is 4.99. The molecule has 0 fully saturated rings. The summed E-state index contributed by atoms with van der Waals surface area (Å²) in [4.78, 5) is 15.0. The lowest BCUT2D eigenvalue weighted by atomic mass is 10.2. The monoisotopic (exact) mass is 387 g/mol. The summed E-state index contributed by atoms with van der Waals surface area (Å²) in [5.41, 5.74) is -3.66. The number of alkyl halides is 6. The molecule has 0 saturated heterocycles. The van der Waals surface area contributed by atoms with Gasteiger partial charge in [0.1, 0.15) is 5.56 Å². The van der Waals surface area contributed by atoms with Crippen LogP contribution in [0, 0.1) is 0 Å². The summed E-state index contributed by atoms with van der Waals surface area (Å²) in [6, 6.07) is 0.489. The zero-order valence-corrected chi connectivity index (χ0v) is 13.0. The van der Waals surface area contributed by atoms with E-state index < -0.39 is 46.0 Å². The lowest BCUT2D eigenvalue weighted by Gasteiger charge is -2.09. The van der Waals surface area contributed by atoms with Gasteiger partial charge in [0.25, 0.3) is 0 Å². The molecule has 0 bridgehead atoms. The minimum Gasteiger partial charge on any atom is -0.462 e. The third-order valence-corrected chi connectivity index (χ3v) is 3.12. The Balaban J connectivity index is 2.55. The number of pyridine rings is 1. The van der Waals surface area contributed by atoms with Crippen molar-refractivity contribution in [3.8, 4) is 5.82 Å². The Hall–Kier alpha value is -2.30. The van der Waals surface area contributed by atoms with Crippen molar-refractivity contribution in [2.24, 2.45) is 0 Å². The molecule has 0 N–H and O–H groups in total. The molecule has 0 aliphatic heterocycles. The smallest absolute Gasteiger partial charge is 0.436 e. The number of carbonyl (C=O) groups is 1. The highest BCUT2D eigenvalue weighted by Gasteiger charge is 2.40. The van der Waals surface area contributed by atoms with E-state index >= 15 is 0 Å². The van der Waals surface area contributed by atoms with Crippen molar-refractivity contribution in [2.45, 2.75) is 19.3 Å². The largest absolute Gasteiger partial charge is 0.462 e. The fraction of sp³-hybridized carbons (Fsp3) is 0.308. The van der Waals surface area contributed by atoms with Gasteiger partial charge >= 0.3 is 18.3 Å². The molecule has 0 aliphatic carbocycles. The van der Waals surface area contributed by atoms with Gasteiger partial charge in [-0.3, -0.25) is 0 Å².